The Morgan fingerprint density at radius 1 is 1.06 bits per heavy atom. The Bertz CT molecular complexity index is 1310. The highest BCUT2D eigenvalue weighted by molar-refractivity contribution is 7.16. The molecule has 32 heavy (non-hydrogen) atoms. The molecule has 0 bridgehead atoms. The molecule has 6 heteroatoms. The molecule has 1 aliphatic heterocycles. The van der Waals surface area contributed by atoms with Gasteiger partial charge in [-0.2, -0.15) is 0 Å². The summed E-state index contributed by atoms with van der Waals surface area (Å²) in [6.45, 7) is 4.77. The Kier molecular flexibility index (Phi) is 5.10. The number of fused-ring (bicyclic) bond motifs is 3. The first-order chi connectivity index (χ1) is 15.5. The molecule has 0 saturated carbocycles. The second-order valence-corrected chi connectivity index (χ2v) is 9.30. The van der Waals surface area contributed by atoms with E-state index in [4.69, 9.17) is 0 Å². The van der Waals surface area contributed by atoms with Gasteiger partial charge in [0.2, 0.25) is 5.91 Å². The Hall–Kier alpha value is -3.38. The van der Waals surface area contributed by atoms with Crippen LogP contribution in [0.2, 0.25) is 0 Å². The van der Waals surface area contributed by atoms with Crippen molar-refractivity contribution in [1.29, 1.82) is 0 Å². The number of thiophene rings is 1. The van der Waals surface area contributed by atoms with Crippen LogP contribution in [-0.4, -0.2) is 21.9 Å². The highest BCUT2D eigenvalue weighted by atomic mass is 32.1. The van der Waals surface area contributed by atoms with E-state index in [1.54, 1.807) is 16.2 Å². The van der Waals surface area contributed by atoms with Crippen molar-refractivity contribution < 1.29 is 9.59 Å². The van der Waals surface area contributed by atoms with Crippen LogP contribution in [-0.2, 0) is 24.3 Å². The Morgan fingerprint density at radius 2 is 1.84 bits per heavy atom. The van der Waals surface area contributed by atoms with Gasteiger partial charge >= 0.3 is 0 Å². The van der Waals surface area contributed by atoms with Crippen molar-refractivity contribution in [3.8, 4) is 0 Å². The van der Waals surface area contributed by atoms with Gasteiger partial charge in [-0.15, -0.1) is 11.3 Å². The van der Waals surface area contributed by atoms with Crippen molar-refractivity contribution in [3.63, 3.8) is 0 Å². The van der Waals surface area contributed by atoms with Gasteiger partial charge in [-0.25, -0.2) is 0 Å². The van der Waals surface area contributed by atoms with Crippen molar-refractivity contribution in [1.82, 2.24) is 9.88 Å². The molecular formula is C26H25N3O2S. The fraction of sp³-hybridized carbons (Fsp3) is 0.231. The molecule has 4 aromatic rings. The van der Waals surface area contributed by atoms with Crippen molar-refractivity contribution in [2.24, 2.45) is 0 Å². The molecular weight excluding hydrogens is 418 g/mol. The van der Waals surface area contributed by atoms with E-state index in [1.807, 2.05) is 83.6 Å². The Labute approximate surface area is 191 Å². The Morgan fingerprint density at radius 3 is 2.62 bits per heavy atom. The lowest BCUT2D eigenvalue weighted by atomic mass is 9.93. The lowest BCUT2D eigenvalue weighted by Gasteiger charge is -2.44. The summed E-state index contributed by atoms with van der Waals surface area (Å²) in [5.41, 5.74) is 2.46. The zero-order valence-corrected chi connectivity index (χ0v) is 19.0. The van der Waals surface area contributed by atoms with Crippen LogP contribution in [0.4, 0.5) is 5.69 Å². The minimum atomic E-state index is -1.07. The molecule has 5 rings (SSSR count). The predicted molar refractivity (Wildman–Crippen MR) is 129 cm³/mol. The van der Waals surface area contributed by atoms with Gasteiger partial charge in [-0.3, -0.25) is 14.5 Å². The number of rotatable bonds is 5. The number of aryl methyl sites for hydroxylation is 1. The lowest BCUT2D eigenvalue weighted by molar-refractivity contribution is -0.126. The van der Waals surface area contributed by atoms with Crippen molar-refractivity contribution in [2.45, 2.75) is 38.9 Å². The topological polar surface area (TPSA) is 54.3 Å². The van der Waals surface area contributed by atoms with E-state index >= 15 is 0 Å². The number of aromatic nitrogens is 1. The highest BCUT2D eigenvalue weighted by Crippen LogP contribution is 2.37. The zero-order valence-electron chi connectivity index (χ0n) is 18.2. The quantitative estimate of drug-likeness (QED) is 0.472. The summed E-state index contributed by atoms with van der Waals surface area (Å²) < 4.78 is 2.00. The average Bonchev–Trinajstić information content (AvgIpc) is 3.41. The molecule has 1 N–H and O–H groups in total. The van der Waals surface area contributed by atoms with E-state index < -0.39 is 5.54 Å². The molecule has 0 saturated heterocycles. The maximum absolute atomic E-state index is 13.8. The van der Waals surface area contributed by atoms with Crippen LogP contribution in [0.15, 0.2) is 72.1 Å². The molecule has 162 valence electrons. The van der Waals surface area contributed by atoms with E-state index in [0.29, 0.717) is 18.8 Å². The SMILES string of the molecule is CCc1cccc(N2C(=O)c3cc4ccsc4n3C[C@]2(C)C(=O)NCc2ccccc2)c1. The summed E-state index contributed by atoms with van der Waals surface area (Å²) in [5, 5.41) is 6.14. The molecule has 2 aromatic heterocycles. The molecule has 0 aliphatic carbocycles. The highest BCUT2D eigenvalue weighted by Gasteiger charge is 2.48. The number of amides is 2. The number of hydrogen-bond acceptors (Lipinski definition) is 3. The third-order valence-electron chi connectivity index (χ3n) is 6.25. The van der Waals surface area contributed by atoms with E-state index in [1.165, 1.54) is 0 Å². The van der Waals surface area contributed by atoms with E-state index in [-0.39, 0.29) is 11.8 Å². The van der Waals surface area contributed by atoms with Crippen LogP contribution in [0.5, 0.6) is 0 Å². The second-order valence-electron chi connectivity index (χ2n) is 8.40. The van der Waals surface area contributed by atoms with Gasteiger partial charge in [0.15, 0.2) is 0 Å². The second kappa shape index (κ2) is 7.95. The molecule has 3 heterocycles. The number of anilines is 1. The van der Waals surface area contributed by atoms with Gasteiger partial charge in [0.25, 0.3) is 5.91 Å². The number of nitrogens with one attached hydrogen (secondary N) is 1. The summed E-state index contributed by atoms with van der Waals surface area (Å²) >= 11 is 1.60. The molecule has 1 aliphatic rings. The largest absolute Gasteiger partial charge is 0.350 e. The summed E-state index contributed by atoms with van der Waals surface area (Å²) in [6.07, 6.45) is 0.860. The molecule has 0 unspecified atom stereocenters. The van der Waals surface area contributed by atoms with Crippen LogP contribution in [0.1, 0.15) is 35.5 Å². The molecule has 0 spiro atoms. The third-order valence-corrected chi connectivity index (χ3v) is 7.20. The maximum atomic E-state index is 13.8. The number of benzene rings is 2. The minimum Gasteiger partial charge on any atom is -0.350 e. The summed E-state index contributed by atoms with van der Waals surface area (Å²) in [7, 11) is 0. The van der Waals surface area contributed by atoms with Crippen LogP contribution < -0.4 is 10.2 Å². The van der Waals surface area contributed by atoms with Gasteiger partial charge in [-0.1, -0.05) is 49.4 Å². The van der Waals surface area contributed by atoms with Crippen molar-refractivity contribution >= 4 is 39.1 Å². The smallest absolute Gasteiger partial charge is 0.275 e. The van der Waals surface area contributed by atoms with Crippen LogP contribution in [0.3, 0.4) is 0 Å². The Balaban J connectivity index is 1.58. The molecule has 1 atom stereocenters. The maximum Gasteiger partial charge on any atom is 0.275 e. The number of nitrogens with zero attached hydrogens (tertiary/aromatic N) is 2. The van der Waals surface area contributed by atoms with E-state index in [9.17, 15) is 9.59 Å². The van der Waals surface area contributed by atoms with Gasteiger partial charge in [0.1, 0.15) is 16.1 Å². The van der Waals surface area contributed by atoms with Crippen LogP contribution in [0, 0.1) is 0 Å². The minimum absolute atomic E-state index is 0.148. The predicted octanol–water partition coefficient (Wildman–Crippen LogP) is 5.00. The first-order valence-electron chi connectivity index (χ1n) is 10.8. The molecule has 2 amide bonds. The summed E-state index contributed by atoms with van der Waals surface area (Å²) in [6, 6.07) is 21.7. The first kappa shape index (κ1) is 20.5. The van der Waals surface area contributed by atoms with Gasteiger partial charge < -0.3 is 9.88 Å². The monoisotopic (exact) mass is 443 g/mol. The molecule has 0 radical (unpaired) electrons. The number of carbonyl (C=O) groups excluding carboxylic acids is 2. The number of hydrogen-bond donors (Lipinski definition) is 1. The first-order valence-corrected chi connectivity index (χ1v) is 11.7. The van der Waals surface area contributed by atoms with Gasteiger partial charge in [-0.05, 0) is 54.1 Å². The molecule has 5 nitrogen and oxygen atoms in total. The van der Waals surface area contributed by atoms with Gasteiger partial charge in [0, 0.05) is 17.6 Å². The van der Waals surface area contributed by atoms with Gasteiger partial charge in [0.05, 0.1) is 6.54 Å². The van der Waals surface area contributed by atoms with Crippen molar-refractivity contribution in [3.05, 3.63) is 88.9 Å². The lowest BCUT2D eigenvalue weighted by Crippen LogP contribution is -2.64. The van der Waals surface area contributed by atoms with Crippen molar-refractivity contribution in [2.75, 3.05) is 4.90 Å². The van der Waals surface area contributed by atoms with Crippen LogP contribution in [0.25, 0.3) is 10.2 Å². The average molecular weight is 444 g/mol. The fourth-order valence-corrected chi connectivity index (χ4v) is 5.38. The summed E-state index contributed by atoms with van der Waals surface area (Å²) in [4.78, 5) is 30.2. The normalized spacial score (nSPS) is 18.1. The fourth-order valence-electron chi connectivity index (χ4n) is 4.49. The van der Waals surface area contributed by atoms with Crippen LogP contribution >= 0.6 is 11.3 Å². The standard InChI is InChI=1S/C26H25N3O2S/c1-3-18-10-7-11-21(14-18)29-23(30)22-15-20-12-13-32-24(20)28(22)17-26(29,2)25(31)27-16-19-8-5-4-6-9-19/h4-15H,3,16-17H2,1-2H3,(H,27,31)/t26-/m1/s1. The molecule has 2 aromatic carbocycles. The number of carbonyl (C=O) groups is 2. The van der Waals surface area contributed by atoms with E-state index in [0.717, 1.165) is 33.5 Å². The summed E-state index contributed by atoms with van der Waals surface area (Å²) in [5.74, 6) is -0.314. The third kappa shape index (κ3) is 3.31. The zero-order chi connectivity index (χ0) is 22.3. The molecule has 0 fully saturated rings. The van der Waals surface area contributed by atoms with E-state index in [2.05, 4.69) is 12.2 Å².